The number of fused-ring (bicyclic) bond motifs is 5. The van der Waals surface area contributed by atoms with Gasteiger partial charge in [-0.2, -0.15) is 0 Å². The van der Waals surface area contributed by atoms with Gasteiger partial charge in [0, 0.05) is 49.7 Å². The molecule has 6 heterocycles. The number of benzene rings is 8. The van der Waals surface area contributed by atoms with Crippen molar-refractivity contribution in [2.45, 2.75) is 124 Å². The molecule has 356 valence electrons. The molecule has 0 atom stereocenters. The summed E-state index contributed by atoms with van der Waals surface area (Å²) in [6, 6.07) is 55.0. The Morgan fingerprint density at radius 1 is 0.486 bits per heavy atom. The molecule has 14 rings (SSSR count). The molecular formula is C67H64BN3O. The number of hydrogen-bond acceptors (Lipinski definition) is 2. The van der Waals surface area contributed by atoms with E-state index >= 15 is 0 Å². The summed E-state index contributed by atoms with van der Waals surface area (Å²) in [5.74, 6) is 1.84. The highest BCUT2D eigenvalue weighted by Crippen LogP contribution is 2.53. The van der Waals surface area contributed by atoms with Crippen molar-refractivity contribution in [3.05, 3.63) is 178 Å². The van der Waals surface area contributed by atoms with Crippen LogP contribution in [0.4, 0.5) is 17.1 Å². The molecule has 0 fully saturated rings. The van der Waals surface area contributed by atoms with E-state index in [1.807, 2.05) is 0 Å². The van der Waals surface area contributed by atoms with Crippen LogP contribution in [0.2, 0.25) is 0 Å². The SMILES string of the molecule is Cc1cc2c3c(c1)C(C)(C)c1cc4c5cc1B3c1cc3c6cc(cc7c6n(c3cc1N2c1ccc(C(C)(C)C)cc1)-c1ccc(C(C)(C)C)cc1O7)C(C)(C)CC(C)(C)c1ccc(c5c1)n4-c1ccccc1. The number of ether oxygens (including phenoxy) is 1. The molecule has 2 aromatic heterocycles. The number of aryl methyl sites for hydroxylation is 1. The number of para-hydroxylation sites is 1. The van der Waals surface area contributed by atoms with Crippen molar-refractivity contribution in [1.82, 2.24) is 9.13 Å². The lowest BCUT2D eigenvalue weighted by molar-refractivity contribution is 0.348. The highest BCUT2D eigenvalue weighted by molar-refractivity contribution is 6.99. The van der Waals surface area contributed by atoms with E-state index in [9.17, 15) is 0 Å². The Kier molecular flexibility index (Phi) is 8.48. The summed E-state index contributed by atoms with van der Waals surface area (Å²) >= 11 is 0. The molecule has 4 aliphatic rings. The van der Waals surface area contributed by atoms with Crippen LogP contribution >= 0.6 is 0 Å². The molecule has 10 aromatic rings. The van der Waals surface area contributed by atoms with Crippen molar-refractivity contribution < 1.29 is 4.74 Å². The van der Waals surface area contributed by atoms with Crippen molar-refractivity contribution in [2.24, 2.45) is 0 Å². The summed E-state index contributed by atoms with van der Waals surface area (Å²) in [6.07, 6.45) is 0.945. The van der Waals surface area contributed by atoms with Gasteiger partial charge in [-0.05, 0) is 164 Å². The second kappa shape index (κ2) is 13.9. The van der Waals surface area contributed by atoms with E-state index in [1.165, 1.54) is 116 Å². The normalized spacial score (nSPS) is 16.7. The summed E-state index contributed by atoms with van der Waals surface area (Å²) < 4.78 is 12.3. The Bertz CT molecular complexity index is 4030. The quantitative estimate of drug-likeness (QED) is 0.161. The summed E-state index contributed by atoms with van der Waals surface area (Å²) in [6.45, 7) is 30.8. The zero-order chi connectivity index (χ0) is 49.9. The van der Waals surface area contributed by atoms with Crippen molar-refractivity contribution in [3.63, 3.8) is 0 Å². The fourth-order valence-corrected chi connectivity index (χ4v) is 14.0. The van der Waals surface area contributed by atoms with Gasteiger partial charge in [-0.15, -0.1) is 0 Å². The van der Waals surface area contributed by atoms with Crippen LogP contribution in [0.3, 0.4) is 0 Å². The van der Waals surface area contributed by atoms with Gasteiger partial charge in [0.1, 0.15) is 0 Å². The molecule has 0 radical (unpaired) electrons. The molecule has 4 aliphatic heterocycles. The fraction of sp³-hybridized carbons (Fsp3) is 0.284. The van der Waals surface area contributed by atoms with Gasteiger partial charge < -0.3 is 18.8 Å². The maximum Gasteiger partial charge on any atom is 0.247 e. The zero-order valence-corrected chi connectivity index (χ0v) is 44.3. The second-order valence-electron chi connectivity index (χ2n) is 25.9. The third-order valence-electron chi connectivity index (χ3n) is 17.7. The number of hydrogen-bond donors (Lipinski definition) is 0. The lowest BCUT2D eigenvalue weighted by atomic mass is 9.30. The molecule has 8 bridgehead atoms. The molecule has 0 saturated heterocycles. The van der Waals surface area contributed by atoms with Gasteiger partial charge >= 0.3 is 0 Å². The smallest absolute Gasteiger partial charge is 0.247 e. The minimum atomic E-state index is -0.303. The van der Waals surface area contributed by atoms with E-state index in [0.29, 0.717) is 0 Å². The minimum Gasteiger partial charge on any atom is -0.453 e. The Labute approximate surface area is 425 Å². The van der Waals surface area contributed by atoms with Gasteiger partial charge in [-0.3, -0.25) is 0 Å². The summed E-state index contributed by atoms with van der Waals surface area (Å²) in [7, 11) is 0. The predicted molar refractivity (Wildman–Crippen MR) is 306 cm³/mol. The average Bonchev–Trinajstić information content (AvgIpc) is 3.82. The first kappa shape index (κ1) is 43.8. The van der Waals surface area contributed by atoms with Gasteiger partial charge in [-0.25, -0.2) is 0 Å². The van der Waals surface area contributed by atoms with E-state index < -0.39 is 0 Å². The number of nitrogens with zero attached hydrogens (tertiary/aromatic N) is 3. The maximum absolute atomic E-state index is 7.26. The first-order chi connectivity index (χ1) is 34.1. The molecular weight excluding hydrogens is 874 g/mol. The number of rotatable bonds is 2. The summed E-state index contributed by atoms with van der Waals surface area (Å²) in [4.78, 5) is 2.61. The van der Waals surface area contributed by atoms with Gasteiger partial charge in [0.15, 0.2) is 11.5 Å². The molecule has 0 spiro atoms. The summed E-state index contributed by atoms with van der Waals surface area (Å²) in [5, 5.41) is 5.13. The Balaban J connectivity index is 1.17. The minimum absolute atomic E-state index is 0.0179. The van der Waals surface area contributed by atoms with E-state index in [-0.39, 0.29) is 33.8 Å². The van der Waals surface area contributed by atoms with Gasteiger partial charge in [0.25, 0.3) is 0 Å². The lowest BCUT2D eigenvalue weighted by Crippen LogP contribution is -2.64. The third-order valence-corrected chi connectivity index (χ3v) is 17.7. The standard InChI is InChI=1S/C67H64BN3O/c1-38-27-50-61-58(28-38)70(44-23-19-39(20-24-44)63(2,3)4)57-36-56-47-34-52(57)68(61)51-33-46-45-29-41(22-25-53(45)69(43-17-15-14-16-18-43)55(46)35-49(51)67(50,12)13)65(8,9)37-66(10,11)42-30-48(47)62-60(32-42)72-59-31-40(64(5,6)7)21-26-54(59)71(56)62/h14-36H,37H2,1-13H3. The highest BCUT2D eigenvalue weighted by Gasteiger charge is 2.48. The molecule has 5 heteroatoms. The molecule has 72 heavy (non-hydrogen) atoms. The molecule has 0 N–H and O–H groups in total. The molecule has 0 aliphatic carbocycles. The second-order valence-corrected chi connectivity index (χ2v) is 25.9. The largest absolute Gasteiger partial charge is 0.453 e. The Hall–Kier alpha value is -6.98. The van der Waals surface area contributed by atoms with E-state index in [2.05, 4.69) is 244 Å². The summed E-state index contributed by atoms with van der Waals surface area (Å²) in [5.41, 5.74) is 23.6. The first-order valence-electron chi connectivity index (χ1n) is 26.3. The predicted octanol–water partition coefficient (Wildman–Crippen LogP) is 15.8. The van der Waals surface area contributed by atoms with Crippen molar-refractivity contribution in [1.29, 1.82) is 0 Å². The van der Waals surface area contributed by atoms with E-state index in [1.54, 1.807) is 0 Å². The van der Waals surface area contributed by atoms with Crippen LogP contribution in [-0.2, 0) is 27.1 Å². The highest BCUT2D eigenvalue weighted by atomic mass is 16.5. The van der Waals surface area contributed by atoms with E-state index in [0.717, 1.165) is 29.1 Å². The van der Waals surface area contributed by atoms with Crippen LogP contribution in [-0.4, -0.2) is 15.8 Å². The molecule has 0 saturated carbocycles. The number of aromatic nitrogens is 2. The van der Waals surface area contributed by atoms with E-state index in [4.69, 9.17) is 4.74 Å². The molecule has 8 aromatic carbocycles. The van der Waals surface area contributed by atoms with Gasteiger partial charge in [0.05, 0.1) is 27.8 Å². The molecule has 0 amide bonds. The van der Waals surface area contributed by atoms with Crippen molar-refractivity contribution in [2.75, 3.05) is 4.90 Å². The van der Waals surface area contributed by atoms with Crippen LogP contribution < -0.4 is 26.0 Å². The third kappa shape index (κ3) is 5.88. The zero-order valence-electron chi connectivity index (χ0n) is 44.3. The van der Waals surface area contributed by atoms with Crippen molar-refractivity contribution in [3.8, 4) is 22.9 Å². The Morgan fingerprint density at radius 3 is 1.88 bits per heavy atom. The average molecular weight is 938 g/mol. The van der Waals surface area contributed by atoms with Crippen LogP contribution in [0.25, 0.3) is 55.0 Å². The van der Waals surface area contributed by atoms with Crippen molar-refractivity contribution >= 4 is 83.8 Å². The van der Waals surface area contributed by atoms with Crippen LogP contribution in [0.5, 0.6) is 11.5 Å². The van der Waals surface area contributed by atoms with Crippen LogP contribution in [0.1, 0.15) is 128 Å². The van der Waals surface area contributed by atoms with Gasteiger partial charge in [0.2, 0.25) is 6.71 Å². The van der Waals surface area contributed by atoms with Crippen LogP contribution in [0.15, 0.2) is 140 Å². The Morgan fingerprint density at radius 2 is 1.14 bits per heavy atom. The van der Waals surface area contributed by atoms with Crippen LogP contribution in [0, 0.1) is 6.92 Å². The maximum atomic E-state index is 7.26. The number of anilines is 3. The fourth-order valence-electron chi connectivity index (χ4n) is 14.0. The first-order valence-corrected chi connectivity index (χ1v) is 26.3. The molecule has 4 nitrogen and oxygen atoms in total. The van der Waals surface area contributed by atoms with Gasteiger partial charge in [-0.1, -0.05) is 149 Å². The topological polar surface area (TPSA) is 22.3 Å². The molecule has 0 unspecified atom stereocenters. The lowest BCUT2D eigenvalue weighted by Gasteiger charge is -2.46. The monoisotopic (exact) mass is 938 g/mol.